The number of aromatic amines is 1. The third kappa shape index (κ3) is 4.28. The highest BCUT2D eigenvalue weighted by Gasteiger charge is 2.29. The Hall–Kier alpha value is -2.59. The third-order valence-electron chi connectivity index (χ3n) is 6.07. The molecule has 2 atom stereocenters. The van der Waals surface area contributed by atoms with Crippen molar-refractivity contribution in [3.05, 3.63) is 66.4 Å². The van der Waals surface area contributed by atoms with E-state index in [9.17, 15) is 4.79 Å². The van der Waals surface area contributed by atoms with Gasteiger partial charge in [0.1, 0.15) is 0 Å². The molecule has 4 nitrogen and oxygen atoms in total. The molecular weight excluding hydrogens is 346 g/mol. The van der Waals surface area contributed by atoms with E-state index in [4.69, 9.17) is 0 Å². The number of likely N-dealkylation sites (tertiary alicyclic amines) is 1. The second-order valence-electron chi connectivity index (χ2n) is 7.93. The van der Waals surface area contributed by atoms with E-state index in [1.54, 1.807) is 0 Å². The molecule has 2 heterocycles. The predicted octanol–water partition coefficient (Wildman–Crippen LogP) is 5.04. The summed E-state index contributed by atoms with van der Waals surface area (Å²) in [5.41, 5.74) is 3.46. The Labute approximate surface area is 166 Å². The van der Waals surface area contributed by atoms with Gasteiger partial charge in [0.05, 0.1) is 0 Å². The number of rotatable bonds is 6. The van der Waals surface area contributed by atoms with E-state index in [2.05, 4.69) is 52.6 Å². The van der Waals surface area contributed by atoms with E-state index in [-0.39, 0.29) is 5.91 Å². The summed E-state index contributed by atoms with van der Waals surface area (Å²) >= 11 is 0. The van der Waals surface area contributed by atoms with Crippen LogP contribution in [0.1, 0.15) is 31.7 Å². The van der Waals surface area contributed by atoms with Gasteiger partial charge in [-0.05, 0) is 48.6 Å². The van der Waals surface area contributed by atoms with Crippen LogP contribution in [0.3, 0.4) is 0 Å². The van der Waals surface area contributed by atoms with Gasteiger partial charge in [-0.1, -0.05) is 49.7 Å². The van der Waals surface area contributed by atoms with Gasteiger partial charge in [-0.2, -0.15) is 0 Å². The minimum atomic E-state index is 0.139. The number of amides is 1. The van der Waals surface area contributed by atoms with Crippen LogP contribution in [0, 0.1) is 11.8 Å². The van der Waals surface area contributed by atoms with Crippen molar-refractivity contribution in [3.63, 3.8) is 0 Å². The van der Waals surface area contributed by atoms with Crippen molar-refractivity contribution in [2.24, 2.45) is 11.8 Å². The van der Waals surface area contributed by atoms with Gasteiger partial charge < -0.3 is 10.3 Å². The van der Waals surface area contributed by atoms with Gasteiger partial charge in [0.2, 0.25) is 5.91 Å². The largest absolute Gasteiger partial charge is 0.361 e. The van der Waals surface area contributed by atoms with Crippen molar-refractivity contribution in [2.75, 3.05) is 18.4 Å². The Balaban J connectivity index is 1.35. The van der Waals surface area contributed by atoms with E-state index < -0.39 is 0 Å². The Morgan fingerprint density at radius 2 is 1.89 bits per heavy atom. The molecule has 0 bridgehead atoms. The average molecular weight is 376 g/mol. The lowest BCUT2D eigenvalue weighted by Gasteiger charge is -2.38. The number of fused-ring (bicyclic) bond motifs is 1. The highest BCUT2D eigenvalue weighted by atomic mass is 16.1. The molecule has 2 aromatic carbocycles. The standard InChI is InChI=1S/C24H29N3O/c1-2-18-16-27(17-20-15-25-23-11-7-6-10-22(20)23)13-12-19(18)14-24(28)26-21-8-4-3-5-9-21/h3-11,15,18-19,25H,2,12-14,16-17H2,1H3,(H,26,28)/t18-,19-/m0/s1. The van der Waals surface area contributed by atoms with E-state index in [0.717, 1.165) is 38.2 Å². The summed E-state index contributed by atoms with van der Waals surface area (Å²) in [7, 11) is 0. The van der Waals surface area contributed by atoms with E-state index in [1.165, 1.54) is 16.5 Å². The summed E-state index contributed by atoms with van der Waals surface area (Å²) < 4.78 is 0. The molecule has 0 saturated carbocycles. The second-order valence-corrected chi connectivity index (χ2v) is 7.93. The molecule has 0 radical (unpaired) electrons. The number of H-pyrrole nitrogens is 1. The van der Waals surface area contributed by atoms with Crippen molar-refractivity contribution >= 4 is 22.5 Å². The molecule has 1 saturated heterocycles. The zero-order valence-corrected chi connectivity index (χ0v) is 16.5. The molecule has 0 spiro atoms. The number of carbonyl (C=O) groups excluding carboxylic acids is 1. The van der Waals surface area contributed by atoms with Crippen molar-refractivity contribution in [1.29, 1.82) is 0 Å². The average Bonchev–Trinajstić information content (AvgIpc) is 3.13. The summed E-state index contributed by atoms with van der Waals surface area (Å²) in [5, 5.41) is 4.36. The molecule has 3 aromatic rings. The molecule has 1 amide bonds. The molecule has 0 aliphatic carbocycles. The van der Waals surface area contributed by atoms with Crippen LogP contribution in [-0.2, 0) is 11.3 Å². The minimum Gasteiger partial charge on any atom is -0.361 e. The lowest BCUT2D eigenvalue weighted by Crippen LogP contribution is -2.41. The summed E-state index contributed by atoms with van der Waals surface area (Å²) in [6.45, 7) is 5.35. The first-order valence-electron chi connectivity index (χ1n) is 10.3. The van der Waals surface area contributed by atoms with Crippen LogP contribution in [0.25, 0.3) is 10.9 Å². The van der Waals surface area contributed by atoms with E-state index >= 15 is 0 Å². The van der Waals surface area contributed by atoms with Crippen molar-refractivity contribution in [2.45, 2.75) is 32.7 Å². The fourth-order valence-corrected chi connectivity index (χ4v) is 4.51. The quantitative estimate of drug-likeness (QED) is 0.634. The first-order chi connectivity index (χ1) is 13.7. The molecule has 1 fully saturated rings. The monoisotopic (exact) mass is 375 g/mol. The maximum absolute atomic E-state index is 12.5. The van der Waals surface area contributed by atoms with Crippen LogP contribution in [0.15, 0.2) is 60.8 Å². The van der Waals surface area contributed by atoms with Crippen molar-refractivity contribution < 1.29 is 4.79 Å². The van der Waals surface area contributed by atoms with Gasteiger partial charge >= 0.3 is 0 Å². The molecular formula is C24H29N3O. The van der Waals surface area contributed by atoms with Crippen LogP contribution in [-0.4, -0.2) is 28.9 Å². The number of carbonyl (C=O) groups is 1. The fraction of sp³-hybridized carbons (Fsp3) is 0.375. The topological polar surface area (TPSA) is 48.1 Å². The number of para-hydroxylation sites is 2. The number of nitrogens with zero attached hydrogens (tertiary/aromatic N) is 1. The van der Waals surface area contributed by atoms with Crippen LogP contribution >= 0.6 is 0 Å². The molecule has 28 heavy (non-hydrogen) atoms. The smallest absolute Gasteiger partial charge is 0.224 e. The zero-order chi connectivity index (χ0) is 19.3. The fourth-order valence-electron chi connectivity index (χ4n) is 4.51. The number of aromatic nitrogens is 1. The normalized spacial score (nSPS) is 20.3. The first-order valence-corrected chi connectivity index (χ1v) is 10.3. The van der Waals surface area contributed by atoms with Crippen molar-refractivity contribution in [1.82, 2.24) is 9.88 Å². The molecule has 4 heteroatoms. The molecule has 146 valence electrons. The summed E-state index contributed by atoms with van der Waals surface area (Å²) in [5.74, 6) is 1.17. The highest BCUT2D eigenvalue weighted by molar-refractivity contribution is 5.90. The number of piperidine rings is 1. The predicted molar refractivity (Wildman–Crippen MR) is 115 cm³/mol. The third-order valence-corrected chi connectivity index (χ3v) is 6.07. The zero-order valence-electron chi connectivity index (χ0n) is 16.5. The Morgan fingerprint density at radius 1 is 1.11 bits per heavy atom. The van der Waals surface area contributed by atoms with Crippen LogP contribution in [0.2, 0.25) is 0 Å². The van der Waals surface area contributed by atoms with E-state index in [0.29, 0.717) is 18.3 Å². The lowest BCUT2D eigenvalue weighted by molar-refractivity contribution is -0.118. The Bertz CT molecular complexity index is 918. The van der Waals surface area contributed by atoms with Gasteiger partial charge in [-0.25, -0.2) is 0 Å². The number of hydrogen-bond acceptors (Lipinski definition) is 2. The number of nitrogens with one attached hydrogen (secondary N) is 2. The molecule has 2 N–H and O–H groups in total. The minimum absolute atomic E-state index is 0.139. The van der Waals surface area contributed by atoms with Gasteiger partial charge in [-0.3, -0.25) is 9.69 Å². The van der Waals surface area contributed by atoms with E-state index in [1.807, 2.05) is 30.3 Å². The van der Waals surface area contributed by atoms with Crippen LogP contribution in [0.5, 0.6) is 0 Å². The summed E-state index contributed by atoms with van der Waals surface area (Å²) in [6.07, 6.45) is 4.97. The van der Waals surface area contributed by atoms with Gasteiger partial charge in [0.15, 0.2) is 0 Å². The maximum atomic E-state index is 12.5. The number of benzene rings is 2. The number of anilines is 1. The maximum Gasteiger partial charge on any atom is 0.224 e. The second kappa shape index (κ2) is 8.61. The lowest BCUT2D eigenvalue weighted by atomic mass is 9.81. The molecule has 1 aromatic heterocycles. The van der Waals surface area contributed by atoms with Crippen molar-refractivity contribution in [3.8, 4) is 0 Å². The number of hydrogen-bond donors (Lipinski definition) is 2. The molecule has 4 rings (SSSR count). The summed E-state index contributed by atoms with van der Waals surface area (Å²) in [6, 6.07) is 18.3. The molecule has 0 unspecified atom stereocenters. The highest BCUT2D eigenvalue weighted by Crippen LogP contribution is 2.31. The van der Waals surface area contributed by atoms with Crippen LogP contribution < -0.4 is 5.32 Å². The molecule has 1 aliphatic heterocycles. The summed E-state index contributed by atoms with van der Waals surface area (Å²) in [4.78, 5) is 18.4. The Kier molecular flexibility index (Phi) is 5.77. The van der Waals surface area contributed by atoms with Crippen LogP contribution in [0.4, 0.5) is 5.69 Å². The molecule has 1 aliphatic rings. The first kappa shape index (κ1) is 18.8. The Morgan fingerprint density at radius 3 is 2.71 bits per heavy atom. The SMILES string of the molecule is CC[C@H]1CN(Cc2c[nH]c3ccccc23)CC[C@H]1CC(=O)Nc1ccccc1. The van der Waals surface area contributed by atoms with Gasteiger partial charge in [0, 0.05) is 42.3 Å². The van der Waals surface area contributed by atoms with Gasteiger partial charge in [-0.15, -0.1) is 0 Å². The van der Waals surface area contributed by atoms with Gasteiger partial charge in [0.25, 0.3) is 0 Å².